The van der Waals surface area contributed by atoms with Gasteiger partial charge in [-0.05, 0) is 29.3 Å². The molecule has 0 aromatic heterocycles. The maximum absolute atomic E-state index is 11.7. The van der Waals surface area contributed by atoms with Gasteiger partial charge in [0, 0.05) is 12.6 Å². The van der Waals surface area contributed by atoms with Crippen LogP contribution in [0.1, 0.15) is 17.2 Å². The van der Waals surface area contributed by atoms with Crippen molar-refractivity contribution < 1.29 is 14.6 Å². The summed E-state index contributed by atoms with van der Waals surface area (Å²) in [6.45, 7) is 0.157. The van der Waals surface area contributed by atoms with E-state index in [0.717, 1.165) is 16.9 Å². The molecule has 0 aliphatic heterocycles. The summed E-state index contributed by atoms with van der Waals surface area (Å²) in [4.78, 5) is 11.7. The maximum Gasteiger partial charge on any atom is 0.244 e. The minimum atomic E-state index is -0.750. The summed E-state index contributed by atoms with van der Waals surface area (Å²) in [6, 6.07) is 16.7. The normalized spacial score (nSPS) is 12.1. The summed E-state index contributed by atoms with van der Waals surface area (Å²) in [5.41, 5.74) is 1.68. The number of hydrogen-bond donors (Lipinski definition) is 2. The second-order valence-electron chi connectivity index (χ2n) is 4.78. The molecule has 2 aromatic carbocycles. The molecule has 1 atom stereocenters. The molecule has 0 saturated heterocycles. The molecule has 1 unspecified atom stereocenters. The van der Waals surface area contributed by atoms with Crippen molar-refractivity contribution in [2.24, 2.45) is 0 Å². The van der Waals surface area contributed by atoms with Crippen LogP contribution in [-0.4, -0.2) is 24.7 Å². The molecule has 2 N–H and O–H groups in total. The second kappa shape index (κ2) is 8.00. The van der Waals surface area contributed by atoms with Gasteiger partial charge in [-0.1, -0.05) is 42.5 Å². The van der Waals surface area contributed by atoms with E-state index in [4.69, 9.17) is 4.74 Å². The fourth-order valence-corrected chi connectivity index (χ4v) is 1.94. The summed E-state index contributed by atoms with van der Waals surface area (Å²) in [5, 5.41) is 12.7. The van der Waals surface area contributed by atoms with Gasteiger partial charge in [0.05, 0.1) is 13.2 Å². The number of carbonyl (C=O) groups excluding carboxylic acids is 1. The number of benzene rings is 2. The zero-order valence-electron chi connectivity index (χ0n) is 12.4. The molecule has 0 spiro atoms. The third kappa shape index (κ3) is 4.75. The molecule has 2 rings (SSSR count). The van der Waals surface area contributed by atoms with Crippen LogP contribution in [0.15, 0.2) is 60.7 Å². The molecule has 0 bridgehead atoms. The number of amides is 1. The standard InChI is InChI=1S/C18H19NO3/c1-22-16-10-8-15(9-11-16)17(20)13-19-18(21)12-7-14-5-3-2-4-6-14/h2-12,17,20H,13H2,1H3,(H,19,21)/b12-7-. The molecule has 0 aliphatic carbocycles. The van der Waals surface area contributed by atoms with Crippen LogP contribution in [0.2, 0.25) is 0 Å². The summed E-state index contributed by atoms with van der Waals surface area (Å²) < 4.78 is 5.06. The Balaban J connectivity index is 1.83. The molecule has 0 fully saturated rings. The molecule has 0 saturated carbocycles. The van der Waals surface area contributed by atoms with Crippen LogP contribution in [0, 0.1) is 0 Å². The number of methoxy groups -OCH3 is 1. The number of ether oxygens (including phenoxy) is 1. The van der Waals surface area contributed by atoms with Crippen LogP contribution >= 0.6 is 0 Å². The van der Waals surface area contributed by atoms with Gasteiger partial charge >= 0.3 is 0 Å². The summed E-state index contributed by atoms with van der Waals surface area (Å²) >= 11 is 0. The van der Waals surface area contributed by atoms with Crippen molar-refractivity contribution in [1.82, 2.24) is 5.32 Å². The van der Waals surface area contributed by atoms with Gasteiger partial charge in [0.1, 0.15) is 5.75 Å². The van der Waals surface area contributed by atoms with Crippen molar-refractivity contribution in [3.8, 4) is 5.75 Å². The Kier molecular flexibility index (Phi) is 5.74. The number of aliphatic hydroxyl groups excluding tert-OH is 1. The first kappa shape index (κ1) is 15.8. The van der Waals surface area contributed by atoms with Crippen LogP contribution in [0.25, 0.3) is 6.08 Å². The minimum absolute atomic E-state index is 0.157. The molecule has 4 heteroatoms. The monoisotopic (exact) mass is 297 g/mol. The Morgan fingerprint density at radius 1 is 1.18 bits per heavy atom. The lowest BCUT2D eigenvalue weighted by molar-refractivity contribution is -0.116. The van der Waals surface area contributed by atoms with E-state index < -0.39 is 6.10 Å². The molecule has 22 heavy (non-hydrogen) atoms. The van der Waals surface area contributed by atoms with E-state index in [-0.39, 0.29) is 12.5 Å². The van der Waals surface area contributed by atoms with Crippen molar-refractivity contribution in [3.63, 3.8) is 0 Å². The molecular formula is C18H19NO3. The van der Waals surface area contributed by atoms with Gasteiger partial charge in [-0.15, -0.1) is 0 Å². The molecule has 2 aromatic rings. The van der Waals surface area contributed by atoms with Crippen molar-refractivity contribution in [2.75, 3.05) is 13.7 Å². The number of nitrogens with one attached hydrogen (secondary N) is 1. The van der Waals surface area contributed by atoms with Crippen molar-refractivity contribution in [1.29, 1.82) is 0 Å². The van der Waals surface area contributed by atoms with E-state index >= 15 is 0 Å². The predicted octanol–water partition coefficient (Wildman–Crippen LogP) is 2.56. The van der Waals surface area contributed by atoms with Gasteiger partial charge in [0.2, 0.25) is 5.91 Å². The van der Waals surface area contributed by atoms with Crippen LogP contribution in [0.3, 0.4) is 0 Å². The van der Waals surface area contributed by atoms with Gasteiger partial charge in [0.15, 0.2) is 0 Å². The Morgan fingerprint density at radius 2 is 1.86 bits per heavy atom. The second-order valence-corrected chi connectivity index (χ2v) is 4.78. The van der Waals surface area contributed by atoms with Gasteiger partial charge in [0.25, 0.3) is 0 Å². The van der Waals surface area contributed by atoms with E-state index in [0.29, 0.717) is 0 Å². The number of aliphatic hydroxyl groups is 1. The molecule has 0 heterocycles. The third-order valence-corrected chi connectivity index (χ3v) is 3.20. The molecule has 4 nitrogen and oxygen atoms in total. The quantitative estimate of drug-likeness (QED) is 0.806. The summed E-state index contributed by atoms with van der Waals surface area (Å²) in [5.74, 6) is 0.488. The largest absolute Gasteiger partial charge is 0.497 e. The Hall–Kier alpha value is -2.59. The molecule has 1 amide bonds. The van der Waals surface area contributed by atoms with E-state index in [1.165, 1.54) is 6.08 Å². The van der Waals surface area contributed by atoms with Crippen molar-refractivity contribution >= 4 is 12.0 Å². The zero-order chi connectivity index (χ0) is 15.8. The number of carbonyl (C=O) groups is 1. The smallest absolute Gasteiger partial charge is 0.244 e. The Morgan fingerprint density at radius 3 is 2.50 bits per heavy atom. The first-order valence-corrected chi connectivity index (χ1v) is 7.02. The molecule has 0 aliphatic rings. The lowest BCUT2D eigenvalue weighted by atomic mass is 10.1. The Bertz CT molecular complexity index is 621. The van der Waals surface area contributed by atoms with E-state index in [2.05, 4.69) is 5.32 Å². The fraction of sp³-hybridized carbons (Fsp3) is 0.167. The first-order valence-electron chi connectivity index (χ1n) is 7.02. The lowest BCUT2D eigenvalue weighted by Crippen LogP contribution is -2.26. The highest BCUT2D eigenvalue weighted by Gasteiger charge is 2.08. The summed E-state index contributed by atoms with van der Waals surface area (Å²) in [6.07, 6.45) is 2.44. The third-order valence-electron chi connectivity index (χ3n) is 3.20. The van der Waals surface area contributed by atoms with Gasteiger partial charge in [-0.25, -0.2) is 0 Å². The van der Waals surface area contributed by atoms with Gasteiger partial charge in [-0.2, -0.15) is 0 Å². The highest BCUT2D eigenvalue weighted by Crippen LogP contribution is 2.16. The zero-order valence-corrected chi connectivity index (χ0v) is 12.4. The van der Waals surface area contributed by atoms with E-state index in [1.807, 2.05) is 30.3 Å². The highest BCUT2D eigenvalue weighted by atomic mass is 16.5. The average Bonchev–Trinajstić information content (AvgIpc) is 2.58. The first-order chi connectivity index (χ1) is 10.7. The SMILES string of the molecule is COc1ccc(C(O)CNC(=O)/C=C\c2ccccc2)cc1. The minimum Gasteiger partial charge on any atom is -0.497 e. The highest BCUT2D eigenvalue weighted by molar-refractivity contribution is 5.91. The predicted molar refractivity (Wildman–Crippen MR) is 86.4 cm³/mol. The van der Waals surface area contributed by atoms with Crippen molar-refractivity contribution in [2.45, 2.75) is 6.10 Å². The average molecular weight is 297 g/mol. The number of rotatable bonds is 6. The molecular weight excluding hydrogens is 278 g/mol. The maximum atomic E-state index is 11.7. The lowest BCUT2D eigenvalue weighted by Gasteiger charge is -2.11. The topological polar surface area (TPSA) is 58.6 Å². The summed E-state index contributed by atoms with van der Waals surface area (Å²) in [7, 11) is 1.59. The van der Waals surface area contributed by atoms with E-state index in [1.54, 1.807) is 37.5 Å². The van der Waals surface area contributed by atoms with E-state index in [9.17, 15) is 9.90 Å². The van der Waals surface area contributed by atoms with Crippen LogP contribution < -0.4 is 10.1 Å². The number of hydrogen-bond acceptors (Lipinski definition) is 3. The van der Waals surface area contributed by atoms with Gasteiger partial charge < -0.3 is 15.2 Å². The van der Waals surface area contributed by atoms with Crippen molar-refractivity contribution in [3.05, 3.63) is 71.8 Å². The molecule has 0 radical (unpaired) electrons. The molecule has 114 valence electrons. The fourth-order valence-electron chi connectivity index (χ4n) is 1.94. The Labute approximate surface area is 130 Å². The van der Waals surface area contributed by atoms with Gasteiger partial charge in [-0.3, -0.25) is 4.79 Å². The van der Waals surface area contributed by atoms with Crippen LogP contribution in [0.5, 0.6) is 5.75 Å². The van der Waals surface area contributed by atoms with Crippen LogP contribution in [-0.2, 0) is 4.79 Å². The van der Waals surface area contributed by atoms with Crippen LogP contribution in [0.4, 0.5) is 0 Å².